The molecule has 1 unspecified atom stereocenters. The molecule has 28 heavy (non-hydrogen) atoms. The molecule has 0 aromatic heterocycles. The average Bonchev–Trinajstić information content (AvgIpc) is 2.72. The number of benzene rings is 1. The maximum Gasteiger partial charge on any atom is 0.315 e. The number of aryl methyl sites for hydroxylation is 1. The number of nitrogens with zero attached hydrogens (tertiary/aromatic N) is 1. The third-order valence-corrected chi connectivity index (χ3v) is 5.65. The zero-order valence-corrected chi connectivity index (χ0v) is 16.8. The SMILES string of the molecule is C=C(CNC(=O)NCC1=CC=C(N)CC1)N1CCCCC1c1ccccc1C. The highest BCUT2D eigenvalue weighted by Gasteiger charge is 2.25. The topological polar surface area (TPSA) is 70.4 Å². The Morgan fingerprint density at radius 1 is 1.21 bits per heavy atom. The van der Waals surface area contributed by atoms with Crippen molar-refractivity contribution in [2.75, 3.05) is 19.6 Å². The third-order valence-electron chi connectivity index (χ3n) is 5.65. The van der Waals surface area contributed by atoms with Gasteiger partial charge in [0.05, 0.1) is 12.6 Å². The van der Waals surface area contributed by atoms with Gasteiger partial charge in [-0.1, -0.05) is 42.5 Å². The van der Waals surface area contributed by atoms with Gasteiger partial charge in [0.1, 0.15) is 0 Å². The van der Waals surface area contributed by atoms with Gasteiger partial charge in [0.2, 0.25) is 0 Å². The van der Waals surface area contributed by atoms with E-state index in [1.54, 1.807) is 0 Å². The molecule has 1 aromatic carbocycles. The van der Waals surface area contributed by atoms with Crippen molar-refractivity contribution in [1.82, 2.24) is 15.5 Å². The van der Waals surface area contributed by atoms with Crippen LogP contribution in [0.25, 0.3) is 0 Å². The molecule has 0 spiro atoms. The number of hydrogen-bond acceptors (Lipinski definition) is 3. The minimum Gasteiger partial charge on any atom is -0.402 e. The van der Waals surface area contributed by atoms with Crippen molar-refractivity contribution in [2.24, 2.45) is 5.73 Å². The van der Waals surface area contributed by atoms with Crippen LogP contribution in [0.2, 0.25) is 0 Å². The van der Waals surface area contributed by atoms with E-state index in [0.29, 0.717) is 19.1 Å². The normalized spacial score (nSPS) is 19.5. The lowest BCUT2D eigenvalue weighted by atomic mass is 9.92. The summed E-state index contributed by atoms with van der Waals surface area (Å²) in [6.07, 6.45) is 9.20. The van der Waals surface area contributed by atoms with Crippen LogP contribution in [-0.2, 0) is 0 Å². The fourth-order valence-corrected chi connectivity index (χ4v) is 3.98. The van der Waals surface area contributed by atoms with Crippen molar-refractivity contribution in [3.05, 3.63) is 71.1 Å². The Balaban J connectivity index is 1.51. The molecular formula is C23H32N4O. The van der Waals surface area contributed by atoms with Gasteiger partial charge in [-0.2, -0.15) is 0 Å². The number of urea groups is 1. The van der Waals surface area contributed by atoms with E-state index in [1.165, 1.54) is 29.5 Å². The van der Waals surface area contributed by atoms with E-state index in [0.717, 1.165) is 37.2 Å². The molecule has 5 heteroatoms. The first-order chi connectivity index (χ1) is 13.5. The molecule has 1 heterocycles. The van der Waals surface area contributed by atoms with Crippen LogP contribution in [-0.4, -0.2) is 30.6 Å². The van der Waals surface area contributed by atoms with E-state index in [2.05, 4.69) is 53.3 Å². The molecule has 1 saturated heterocycles. The Hall–Kier alpha value is -2.69. The monoisotopic (exact) mass is 380 g/mol. The summed E-state index contributed by atoms with van der Waals surface area (Å²) in [6.45, 7) is 8.43. The molecule has 0 radical (unpaired) electrons. The van der Waals surface area contributed by atoms with Gasteiger partial charge in [-0.15, -0.1) is 0 Å². The number of carbonyl (C=O) groups is 1. The summed E-state index contributed by atoms with van der Waals surface area (Å²) in [7, 11) is 0. The van der Waals surface area contributed by atoms with E-state index in [9.17, 15) is 4.79 Å². The Kier molecular flexibility index (Phi) is 6.80. The highest BCUT2D eigenvalue weighted by atomic mass is 16.2. The molecule has 1 atom stereocenters. The average molecular weight is 381 g/mol. The highest BCUT2D eigenvalue weighted by molar-refractivity contribution is 5.74. The number of allylic oxidation sites excluding steroid dienone is 3. The Labute approximate surface area is 168 Å². The Morgan fingerprint density at radius 3 is 2.79 bits per heavy atom. The van der Waals surface area contributed by atoms with Gasteiger partial charge in [0, 0.05) is 24.5 Å². The molecular weight excluding hydrogens is 348 g/mol. The van der Waals surface area contributed by atoms with Gasteiger partial charge in [-0.25, -0.2) is 4.79 Å². The second-order valence-corrected chi connectivity index (χ2v) is 7.73. The van der Waals surface area contributed by atoms with Crippen LogP contribution in [0.15, 0.2) is 60.0 Å². The van der Waals surface area contributed by atoms with Crippen LogP contribution in [0.3, 0.4) is 0 Å². The standard InChI is InChI=1S/C23H32N4O/c1-17-7-3-4-8-21(17)22-9-5-6-14-27(22)18(2)15-25-23(28)26-16-19-10-12-20(24)13-11-19/h3-4,7-8,10,12,22H,2,5-6,9,11,13-16,24H2,1H3,(H2,25,26,28). The summed E-state index contributed by atoms with van der Waals surface area (Å²) in [6, 6.07) is 8.75. The van der Waals surface area contributed by atoms with Crippen LogP contribution < -0.4 is 16.4 Å². The van der Waals surface area contributed by atoms with E-state index < -0.39 is 0 Å². The van der Waals surface area contributed by atoms with Crippen molar-refractivity contribution < 1.29 is 4.79 Å². The van der Waals surface area contributed by atoms with Crippen molar-refractivity contribution >= 4 is 6.03 Å². The maximum atomic E-state index is 12.2. The number of piperidine rings is 1. The van der Waals surface area contributed by atoms with E-state index in [-0.39, 0.29) is 6.03 Å². The molecule has 2 aliphatic rings. The summed E-state index contributed by atoms with van der Waals surface area (Å²) in [5.74, 6) is 0. The van der Waals surface area contributed by atoms with Crippen LogP contribution in [0, 0.1) is 6.92 Å². The molecule has 1 fully saturated rings. The fourth-order valence-electron chi connectivity index (χ4n) is 3.98. The molecule has 0 saturated carbocycles. The second-order valence-electron chi connectivity index (χ2n) is 7.73. The third kappa shape index (κ3) is 5.18. The summed E-state index contributed by atoms with van der Waals surface area (Å²) in [5, 5.41) is 5.89. The molecule has 3 rings (SSSR count). The first kappa shape index (κ1) is 20.1. The van der Waals surface area contributed by atoms with Crippen LogP contribution in [0.1, 0.15) is 49.3 Å². The number of hydrogen-bond donors (Lipinski definition) is 3. The lowest BCUT2D eigenvalue weighted by Crippen LogP contribution is -2.41. The summed E-state index contributed by atoms with van der Waals surface area (Å²) in [5.41, 5.74) is 11.5. The van der Waals surface area contributed by atoms with Crippen molar-refractivity contribution in [2.45, 2.75) is 45.1 Å². The molecule has 1 aromatic rings. The lowest BCUT2D eigenvalue weighted by molar-refractivity contribution is 0.190. The summed E-state index contributed by atoms with van der Waals surface area (Å²) >= 11 is 0. The first-order valence-electron chi connectivity index (χ1n) is 10.2. The minimum absolute atomic E-state index is 0.158. The molecule has 1 aliphatic heterocycles. The van der Waals surface area contributed by atoms with E-state index in [1.807, 2.05) is 12.2 Å². The first-order valence-corrected chi connectivity index (χ1v) is 10.2. The lowest BCUT2D eigenvalue weighted by Gasteiger charge is -2.39. The molecule has 4 N–H and O–H groups in total. The number of nitrogens with two attached hydrogens (primary N) is 1. The molecule has 0 bridgehead atoms. The van der Waals surface area contributed by atoms with Crippen molar-refractivity contribution in [3.8, 4) is 0 Å². The number of likely N-dealkylation sites (tertiary alicyclic amines) is 1. The Bertz CT molecular complexity index is 781. The number of rotatable bonds is 6. The van der Waals surface area contributed by atoms with E-state index in [4.69, 9.17) is 5.73 Å². The van der Waals surface area contributed by atoms with Gasteiger partial charge in [0.15, 0.2) is 0 Å². The predicted octanol–water partition coefficient (Wildman–Crippen LogP) is 3.90. The van der Waals surface area contributed by atoms with Gasteiger partial charge in [0.25, 0.3) is 0 Å². The highest BCUT2D eigenvalue weighted by Crippen LogP contribution is 2.34. The van der Waals surface area contributed by atoms with Crippen molar-refractivity contribution in [3.63, 3.8) is 0 Å². The van der Waals surface area contributed by atoms with E-state index >= 15 is 0 Å². The molecule has 5 nitrogen and oxygen atoms in total. The van der Waals surface area contributed by atoms with Gasteiger partial charge >= 0.3 is 6.03 Å². The smallest absolute Gasteiger partial charge is 0.315 e. The predicted molar refractivity (Wildman–Crippen MR) is 115 cm³/mol. The Morgan fingerprint density at radius 2 is 2.04 bits per heavy atom. The number of carbonyl (C=O) groups excluding carboxylic acids is 1. The van der Waals surface area contributed by atoms with Gasteiger partial charge in [-0.05, 0) is 56.2 Å². The zero-order valence-electron chi connectivity index (χ0n) is 16.8. The minimum atomic E-state index is -0.158. The summed E-state index contributed by atoms with van der Waals surface area (Å²) < 4.78 is 0. The molecule has 2 amide bonds. The maximum absolute atomic E-state index is 12.2. The zero-order chi connectivity index (χ0) is 19.9. The van der Waals surface area contributed by atoms with Crippen LogP contribution in [0.4, 0.5) is 4.79 Å². The summed E-state index contributed by atoms with van der Waals surface area (Å²) in [4.78, 5) is 14.6. The van der Waals surface area contributed by atoms with Crippen molar-refractivity contribution in [1.29, 1.82) is 0 Å². The largest absolute Gasteiger partial charge is 0.402 e. The molecule has 1 aliphatic carbocycles. The van der Waals surface area contributed by atoms with Crippen LogP contribution >= 0.6 is 0 Å². The van der Waals surface area contributed by atoms with Gasteiger partial charge < -0.3 is 21.3 Å². The molecule has 150 valence electrons. The fraction of sp³-hybridized carbons (Fsp3) is 0.435. The van der Waals surface area contributed by atoms with Gasteiger partial charge in [-0.3, -0.25) is 0 Å². The van der Waals surface area contributed by atoms with Crippen LogP contribution in [0.5, 0.6) is 0 Å². The second kappa shape index (κ2) is 9.49. The number of amides is 2. The quantitative estimate of drug-likeness (QED) is 0.701. The number of nitrogens with one attached hydrogen (secondary N) is 2.